The highest BCUT2D eigenvalue weighted by molar-refractivity contribution is 5.95. The Bertz CT molecular complexity index is 853. The number of amides is 4. The first-order chi connectivity index (χ1) is 17.1. The summed E-state index contributed by atoms with van der Waals surface area (Å²) in [6.07, 6.45) is -7.67. The Morgan fingerprint density at radius 1 is 0.946 bits per heavy atom. The molecule has 17 nitrogen and oxygen atoms in total. The summed E-state index contributed by atoms with van der Waals surface area (Å²) in [6.45, 7) is 2.39. The minimum Gasteiger partial charge on any atom is -0.481 e. The zero-order valence-corrected chi connectivity index (χ0v) is 20.2. The number of nitrogens with two attached hydrogens (primary N) is 1. The number of ether oxygens (including phenoxy) is 1. The van der Waals surface area contributed by atoms with Crippen LogP contribution < -0.4 is 21.7 Å². The van der Waals surface area contributed by atoms with Crippen LogP contribution in [0.1, 0.15) is 27.2 Å². The Balaban J connectivity index is 5.45. The lowest BCUT2D eigenvalue weighted by Gasteiger charge is -2.32. The van der Waals surface area contributed by atoms with E-state index in [0.717, 1.165) is 20.8 Å². The van der Waals surface area contributed by atoms with Gasteiger partial charge in [0.05, 0.1) is 6.61 Å². The number of hydrogen-bond acceptors (Lipinski definition) is 11. The van der Waals surface area contributed by atoms with Gasteiger partial charge in [0.1, 0.15) is 48.8 Å². The highest BCUT2D eigenvalue weighted by Crippen LogP contribution is 2.13. The predicted octanol–water partition coefficient (Wildman–Crippen LogP) is -5.17. The molecule has 0 radical (unpaired) electrons. The number of aldehydes is 1. The summed E-state index contributed by atoms with van der Waals surface area (Å²) in [5, 5.41) is 53.3. The number of carbonyl (C=O) groups is 7. The van der Waals surface area contributed by atoms with Crippen molar-refractivity contribution in [3.63, 3.8) is 0 Å². The molecular formula is C20H32N4O13. The van der Waals surface area contributed by atoms with E-state index in [-0.39, 0.29) is 6.29 Å². The van der Waals surface area contributed by atoms with E-state index < -0.39 is 97.1 Å². The fraction of sp³-hybridized carbons (Fsp3) is 0.650. The first kappa shape index (κ1) is 33.3. The maximum atomic E-state index is 12.5. The number of primary amides is 1. The van der Waals surface area contributed by atoms with E-state index in [2.05, 4.69) is 10.6 Å². The minimum absolute atomic E-state index is 0.172. The molecule has 10 N–H and O–H groups in total. The molecule has 210 valence electrons. The molecule has 0 aliphatic heterocycles. The molecule has 0 aromatic carbocycles. The molecule has 17 heteroatoms. The lowest BCUT2D eigenvalue weighted by atomic mass is 9.99. The standard InChI is InChI=1S/C20H32N4O13/c1-7(17(31)24-11(16(21)30)4-10(19(33)34)20(35)36)22-18(32)8(2)37-15(14(29)13(28)6-26)12(5-25)23-9(3)27/h5,7-8,10-15,26,28-29H,4,6H2,1-3H3,(H2,21,30)(H,22,32)(H,23,27)(H,24,31)(H,33,34)(H,35,36)/t7?,8?,11?,12-,13+,14+,15+/m0/s1. The molecule has 0 fully saturated rings. The zero-order chi connectivity index (χ0) is 29.0. The van der Waals surface area contributed by atoms with Crippen molar-refractivity contribution in [2.45, 2.75) is 69.7 Å². The van der Waals surface area contributed by atoms with E-state index in [1.165, 1.54) is 0 Å². The van der Waals surface area contributed by atoms with Gasteiger partial charge in [-0.05, 0) is 13.8 Å². The van der Waals surface area contributed by atoms with E-state index >= 15 is 0 Å². The normalized spacial score (nSPS) is 16.7. The van der Waals surface area contributed by atoms with Crippen molar-refractivity contribution in [1.82, 2.24) is 16.0 Å². The van der Waals surface area contributed by atoms with Crippen molar-refractivity contribution in [3.8, 4) is 0 Å². The molecule has 0 aromatic rings. The van der Waals surface area contributed by atoms with Crippen molar-refractivity contribution in [2.75, 3.05) is 6.61 Å². The van der Waals surface area contributed by atoms with Crippen LogP contribution in [0, 0.1) is 5.92 Å². The van der Waals surface area contributed by atoms with Crippen molar-refractivity contribution in [2.24, 2.45) is 11.7 Å². The third kappa shape index (κ3) is 10.9. The van der Waals surface area contributed by atoms with Crippen molar-refractivity contribution >= 4 is 41.9 Å². The van der Waals surface area contributed by atoms with Gasteiger partial charge in [0.15, 0.2) is 5.92 Å². The highest BCUT2D eigenvalue weighted by Gasteiger charge is 2.37. The van der Waals surface area contributed by atoms with Gasteiger partial charge in [-0.1, -0.05) is 0 Å². The largest absolute Gasteiger partial charge is 0.481 e. The Labute approximate surface area is 210 Å². The highest BCUT2D eigenvalue weighted by atomic mass is 16.5. The van der Waals surface area contributed by atoms with E-state index in [0.29, 0.717) is 0 Å². The van der Waals surface area contributed by atoms with Gasteiger partial charge in [0.25, 0.3) is 0 Å². The molecule has 0 saturated carbocycles. The number of aliphatic hydroxyl groups excluding tert-OH is 3. The van der Waals surface area contributed by atoms with Gasteiger partial charge in [-0.25, -0.2) is 0 Å². The first-order valence-electron chi connectivity index (χ1n) is 10.8. The maximum Gasteiger partial charge on any atom is 0.317 e. The third-order valence-electron chi connectivity index (χ3n) is 5.00. The van der Waals surface area contributed by atoms with Gasteiger partial charge in [-0.3, -0.25) is 28.8 Å². The van der Waals surface area contributed by atoms with Gasteiger partial charge >= 0.3 is 11.9 Å². The number of aliphatic carboxylic acids is 2. The van der Waals surface area contributed by atoms with Gasteiger partial charge < -0.3 is 56.7 Å². The average Bonchev–Trinajstić information content (AvgIpc) is 2.81. The summed E-state index contributed by atoms with van der Waals surface area (Å²) in [5.74, 6) is -9.58. The second-order valence-corrected chi connectivity index (χ2v) is 8.00. The number of rotatable bonds is 17. The number of carbonyl (C=O) groups excluding carboxylic acids is 5. The zero-order valence-electron chi connectivity index (χ0n) is 20.2. The van der Waals surface area contributed by atoms with Crippen molar-refractivity contribution < 1.29 is 63.8 Å². The first-order valence-corrected chi connectivity index (χ1v) is 10.8. The van der Waals surface area contributed by atoms with E-state index in [4.69, 9.17) is 25.8 Å². The van der Waals surface area contributed by atoms with Crippen LogP contribution in [0.5, 0.6) is 0 Å². The van der Waals surface area contributed by atoms with Crippen LogP contribution in [0.3, 0.4) is 0 Å². The summed E-state index contributed by atoms with van der Waals surface area (Å²) in [4.78, 5) is 81.4. The van der Waals surface area contributed by atoms with Gasteiger partial charge in [0, 0.05) is 13.3 Å². The number of carboxylic acid groups (broad SMARTS) is 2. The van der Waals surface area contributed by atoms with E-state index in [1.54, 1.807) is 0 Å². The molecule has 0 bridgehead atoms. The molecule has 0 spiro atoms. The van der Waals surface area contributed by atoms with Gasteiger partial charge in [-0.15, -0.1) is 0 Å². The molecule has 0 heterocycles. The Morgan fingerprint density at radius 2 is 1.49 bits per heavy atom. The Morgan fingerprint density at radius 3 is 1.89 bits per heavy atom. The predicted molar refractivity (Wildman–Crippen MR) is 119 cm³/mol. The fourth-order valence-corrected chi connectivity index (χ4v) is 2.91. The SMILES string of the molecule is CC(=O)N[C@@H](C=O)[C@@H](OC(C)C(=O)NC(C)C(=O)NC(CC(C(=O)O)C(=O)O)C(N)=O)[C@H](O)[C@H](O)CO. The quantitative estimate of drug-likeness (QED) is 0.0621. The van der Waals surface area contributed by atoms with Gasteiger partial charge in [0.2, 0.25) is 23.6 Å². The third-order valence-corrected chi connectivity index (χ3v) is 5.00. The maximum absolute atomic E-state index is 12.5. The molecule has 0 aliphatic rings. The lowest BCUT2D eigenvalue weighted by Crippen LogP contribution is -2.57. The van der Waals surface area contributed by atoms with E-state index in [9.17, 15) is 43.8 Å². The van der Waals surface area contributed by atoms with Crippen LogP contribution in [-0.2, 0) is 38.3 Å². The molecule has 3 unspecified atom stereocenters. The number of carboxylic acids is 2. The summed E-state index contributed by atoms with van der Waals surface area (Å²) < 4.78 is 5.34. The number of aliphatic hydroxyl groups is 3. The van der Waals surface area contributed by atoms with Gasteiger partial charge in [-0.2, -0.15) is 0 Å². The lowest BCUT2D eigenvalue weighted by molar-refractivity contribution is -0.157. The number of nitrogens with one attached hydrogen (secondary N) is 3. The Kier molecular flexibility index (Phi) is 13.9. The summed E-state index contributed by atoms with van der Waals surface area (Å²) in [5.41, 5.74) is 5.11. The van der Waals surface area contributed by atoms with Crippen LogP contribution in [0.25, 0.3) is 0 Å². The van der Waals surface area contributed by atoms with Crippen LogP contribution >= 0.6 is 0 Å². The molecule has 0 aliphatic carbocycles. The molecule has 4 amide bonds. The summed E-state index contributed by atoms with van der Waals surface area (Å²) in [7, 11) is 0. The second-order valence-electron chi connectivity index (χ2n) is 8.00. The molecule has 0 saturated heterocycles. The average molecular weight is 536 g/mol. The fourth-order valence-electron chi connectivity index (χ4n) is 2.91. The molecule has 0 rings (SSSR count). The molecule has 0 aromatic heterocycles. The summed E-state index contributed by atoms with van der Waals surface area (Å²) >= 11 is 0. The van der Waals surface area contributed by atoms with Crippen molar-refractivity contribution in [3.05, 3.63) is 0 Å². The smallest absolute Gasteiger partial charge is 0.317 e. The van der Waals surface area contributed by atoms with Crippen LogP contribution in [0.15, 0.2) is 0 Å². The summed E-state index contributed by atoms with van der Waals surface area (Å²) in [6, 6.07) is -4.65. The Hall–Kier alpha value is -3.67. The second kappa shape index (κ2) is 15.4. The molecule has 37 heavy (non-hydrogen) atoms. The number of hydrogen-bond donors (Lipinski definition) is 9. The van der Waals surface area contributed by atoms with Crippen LogP contribution in [-0.4, -0.2) is 117 Å². The van der Waals surface area contributed by atoms with Crippen LogP contribution in [0.2, 0.25) is 0 Å². The van der Waals surface area contributed by atoms with Crippen LogP contribution in [0.4, 0.5) is 0 Å². The monoisotopic (exact) mass is 536 g/mol. The minimum atomic E-state index is -2.05. The molecule has 7 atom stereocenters. The topological polar surface area (TPSA) is 292 Å². The van der Waals surface area contributed by atoms with E-state index in [1.807, 2.05) is 5.32 Å². The molecular weight excluding hydrogens is 504 g/mol. The van der Waals surface area contributed by atoms with Crippen molar-refractivity contribution in [1.29, 1.82) is 0 Å².